The summed E-state index contributed by atoms with van der Waals surface area (Å²) < 4.78 is 41.7. The number of halogens is 3. The third-order valence-corrected chi connectivity index (χ3v) is 5.65. The summed E-state index contributed by atoms with van der Waals surface area (Å²) in [4.78, 5) is 38.5. The summed E-state index contributed by atoms with van der Waals surface area (Å²) in [5, 5.41) is 4.85. The molecule has 1 unspecified atom stereocenters. The van der Waals surface area contributed by atoms with Crippen LogP contribution >= 0.6 is 0 Å². The van der Waals surface area contributed by atoms with Crippen LogP contribution in [0.15, 0.2) is 54.7 Å². The van der Waals surface area contributed by atoms with Crippen molar-refractivity contribution in [1.82, 2.24) is 15.5 Å². The van der Waals surface area contributed by atoms with Crippen molar-refractivity contribution in [1.29, 1.82) is 0 Å². The van der Waals surface area contributed by atoms with E-state index in [1.165, 1.54) is 4.90 Å². The molecule has 2 aromatic rings. The molecule has 1 fully saturated rings. The first-order chi connectivity index (χ1) is 15.2. The van der Waals surface area contributed by atoms with Crippen molar-refractivity contribution < 1.29 is 27.6 Å². The molecule has 166 valence electrons. The lowest BCUT2D eigenvalue weighted by molar-refractivity contribution is -0.147. The summed E-state index contributed by atoms with van der Waals surface area (Å²) in [5.74, 6) is -6.57. The molecule has 2 N–H and O–H groups in total. The molecule has 6 nitrogen and oxygen atoms in total. The van der Waals surface area contributed by atoms with E-state index in [9.17, 15) is 27.6 Å². The first-order valence-electron chi connectivity index (χ1n) is 10.0. The Morgan fingerprint density at radius 3 is 2.59 bits per heavy atom. The Labute approximate surface area is 182 Å². The minimum Gasteiger partial charge on any atom is -0.346 e. The average molecular weight is 443 g/mol. The molecule has 1 atom stereocenters. The van der Waals surface area contributed by atoms with Crippen LogP contribution in [0.5, 0.6) is 0 Å². The van der Waals surface area contributed by atoms with Crippen LogP contribution in [0.4, 0.5) is 13.2 Å². The van der Waals surface area contributed by atoms with Gasteiger partial charge in [-0.25, -0.2) is 4.39 Å². The van der Waals surface area contributed by atoms with Gasteiger partial charge >= 0.3 is 5.92 Å². The topological polar surface area (TPSA) is 78.5 Å². The van der Waals surface area contributed by atoms with Crippen molar-refractivity contribution >= 4 is 17.7 Å². The van der Waals surface area contributed by atoms with Crippen molar-refractivity contribution in [2.75, 3.05) is 0 Å². The Morgan fingerprint density at radius 1 is 1.19 bits per heavy atom. The van der Waals surface area contributed by atoms with Gasteiger partial charge in [-0.2, -0.15) is 8.78 Å². The smallest absolute Gasteiger partial charge is 0.346 e. The van der Waals surface area contributed by atoms with Crippen molar-refractivity contribution in [2.45, 2.75) is 37.9 Å². The number of benzene rings is 2. The normalized spacial score (nSPS) is 18.4. The lowest BCUT2D eigenvalue weighted by Gasteiger charge is -2.30. The molecule has 3 amide bonds. The van der Waals surface area contributed by atoms with Gasteiger partial charge in [-0.05, 0) is 54.3 Å². The van der Waals surface area contributed by atoms with E-state index in [4.69, 9.17) is 0 Å². The quantitative estimate of drug-likeness (QED) is 0.746. The summed E-state index contributed by atoms with van der Waals surface area (Å²) >= 11 is 0. The first-order valence-corrected chi connectivity index (χ1v) is 10.0. The van der Waals surface area contributed by atoms with Gasteiger partial charge in [0.25, 0.3) is 11.8 Å². The number of hydrogen-bond donors (Lipinski definition) is 2. The molecule has 2 aliphatic rings. The van der Waals surface area contributed by atoms with E-state index in [1.807, 2.05) is 0 Å². The maximum absolute atomic E-state index is 14.3. The Kier molecular flexibility index (Phi) is 5.50. The van der Waals surface area contributed by atoms with Crippen molar-refractivity contribution in [3.05, 3.63) is 82.8 Å². The first kappa shape index (κ1) is 21.6. The number of nitrogens with one attached hydrogen (secondary N) is 2. The second-order valence-electron chi connectivity index (χ2n) is 7.84. The molecule has 32 heavy (non-hydrogen) atoms. The van der Waals surface area contributed by atoms with Gasteiger partial charge in [0, 0.05) is 29.9 Å². The number of allylic oxidation sites excluding steroid dienone is 1. The van der Waals surface area contributed by atoms with Gasteiger partial charge in [0.05, 0.1) is 0 Å². The van der Waals surface area contributed by atoms with Crippen LogP contribution in [0.25, 0.3) is 0 Å². The molecule has 4 rings (SSSR count). The minimum atomic E-state index is -3.82. The van der Waals surface area contributed by atoms with E-state index in [0.29, 0.717) is 35.2 Å². The van der Waals surface area contributed by atoms with E-state index in [0.717, 1.165) is 24.3 Å². The molecule has 0 saturated carbocycles. The van der Waals surface area contributed by atoms with Crippen molar-refractivity contribution in [3.8, 4) is 0 Å². The fourth-order valence-electron chi connectivity index (χ4n) is 3.90. The molecule has 0 spiro atoms. The fraction of sp³-hybridized carbons (Fsp3) is 0.261. The second kappa shape index (κ2) is 8.14. The number of carbonyl (C=O) groups excluding carboxylic acids is 3. The zero-order valence-electron chi connectivity index (χ0n) is 17.0. The molecule has 0 radical (unpaired) electrons. The van der Waals surface area contributed by atoms with Gasteiger partial charge in [-0.15, -0.1) is 0 Å². The lowest BCUT2D eigenvalue weighted by Crippen LogP contribution is -2.49. The monoisotopic (exact) mass is 443 g/mol. The number of amides is 3. The van der Waals surface area contributed by atoms with Crippen LogP contribution in [0.3, 0.4) is 0 Å². The number of fused-ring (bicyclic) bond motifs is 1. The van der Waals surface area contributed by atoms with Crippen molar-refractivity contribution in [2.24, 2.45) is 0 Å². The Balaban J connectivity index is 1.43. The number of hydrogen-bond acceptors (Lipinski definition) is 3. The highest BCUT2D eigenvalue weighted by atomic mass is 19.3. The predicted octanol–water partition coefficient (Wildman–Crippen LogP) is 2.98. The number of piperidine rings is 1. The third kappa shape index (κ3) is 3.98. The Hall–Kier alpha value is -3.62. The number of rotatable bonds is 5. The fourth-order valence-corrected chi connectivity index (χ4v) is 3.90. The molecule has 0 aliphatic carbocycles. The number of carbonyl (C=O) groups is 3. The number of alkyl halides is 2. The molecule has 2 aromatic carbocycles. The van der Waals surface area contributed by atoms with E-state index in [-0.39, 0.29) is 24.9 Å². The summed E-state index contributed by atoms with van der Waals surface area (Å²) in [6.45, 7) is 3.77. The largest absolute Gasteiger partial charge is 0.349 e. The van der Waals surface area contributed by atoms with E-state index >= 15 is 0 Å². The molecule has 2 heterocycles. The molecular weight excluding hydrogens is 423 g/mol. The Bertz CT molecular complexity index is 1120. The van der Waals surface area contributed by atoms with E-state index < -0.39 is 29.3 Å². The van der Waals surface area contributed by atoms with Gasteiger partial charge < -0.3 is 15.5 Å². The van der Waals surface area contributed by atoms with Gasteiger partial charge in [0.1, 0.15) is 11.9 Å². The Morgan fingerprint density at radius 2 is 1.91 bits per heavy atom. The SMILES string of the molecule is C=C1CCC(N2Cc3cc(CNC(=O)C(F)(F)c4ccc(F)cc4)ccc3C2=O)C(=O)N1. The lowest BCUT2D eigenvalue weighted by atomic mass is 10.0. The third-order valence-electron chi connectivity index (χ3n) is 5.65. The predicted molar refractivity (Wildman–Crippen MR) is 109 cm³/mol. The van der Waals surface area contributed by atoms with Crippen LogP contribution in [0, 0.1) is 5.82 Å². The van der Waals surface area contributed by atoms with Crippen LogP contribution in [0.2, 0.25) is 0 Å². The molecule has 2 aliphatic heterocycles. The minimum absolute atomic E-state index is 0.180. The summed E-state index contributed by atoms with van der Waals surface area (Å²) in [6, 6.07) is 7.64. The zero-order valence-corrected chi connectivity index (χ0v) is 17.0. The van der Waals surface area contributed by atoms with Gasteiger partial charge in [-0.1, -0.05) is 18.7 Å². The molecule has 0 aromatic heterocycles. The summed E-state index contributed by atoms with van der Waals surface area (Å²) in [5.41, 5.74) is 1.63. The second-order valence-corrected chi connectivity index (χ2v) is 7.84. The maximum Gasteiger partial charge on any atom is 0.349 e. The van der Waals surface area contributed by atoms with E-state index in [1.54, 1.807) is 18.2 Å². The van der Waals surface area contributed by atoms with Crippen LogP contribution < -0.4 is 10.6 Å². The van der Waals surface area contributed by atoms with Gasteiger partial charge in [0.2, 0.25) is 5.91 Å². The van der Waals surface area contributed by atoms with E-state index in [2.05, 4.69) is 17.2 Å². The van der Waals surface area contributed by atoms with Crippen LogP contribution in [-0.4, -0.2) is 28.7 Å². The van der Waals surface area contributed by atoms with Gasteiger partial charge in [0.15, 0.2) is 0 Å². The average Bonchev–Trinajstić information content (AvgIpc) is 3.08. The highest BCUT2D eigenvalue weighted by Gasteiger charge is 2.41. The molecule has 9 heteroatoms. The van der Waals surface area contributed by atoms with Crippen LogP contribution in [-0.2, 0) is 28.6 Å². The summed E-state index contributed by atoms with van der Waals surface area (Å²) in [7, 11) is 0. The van der Waals surface area contributed by atoms with Crippen LogP contribution in [0.1, 0.15) is 39.9 Å². The standard InChI is InChI=1S/C23H20F3N3O3/c1-13-2-9-19(20(30)28-13)29-12-15-10-14(3-8-18(15)21(29)31)11-27-22(32)23(25,26)16-4-6-17(24)7-5-16/h3-8,10,19H,1-2,9,11-12H2,(H,27,32)(H,28,30). The maximum atomic E-state index is 14.3. The van der Waals surface area contributed by atoms with Crippen molar-refractivity contribution in [3.63, 3.8) is 0 Å². The zero-order chi connectivity index (χ0) is 23.0. The van der Waals surface area contributed by atoms with Gasteiger partial charge in [-0.3, -0.25) is 14.4 Å². The molecular formula is C23H20F3N3O3. The summed E-state index contributed by atoms with van der Waals surface area (Å²) in [6.07, 6.45) is 1.06. The highest BCUT2D eigenvalue weighted by Crippen LogP contribution is 2.30. The molecule has 0 bridgehead atoms. The number of nitrogens with zero attached hydrogens (tertiary/aromatic N) is 1. The highest BCUT2D eigenvalue weighted by molar-refractivity contribution is 6.01. The molecule has 1 saturated heterocycles.